The minimum Gasteiger partial charge on any atom is -0.313 e. The lowest BCUT2D eigenvalue weighted by atomic mass is 10.1. The number of rotatable bonds is 6. The lowest BCUT2D eigenvalue weighted by Crippen LogP contribution is -2.26. The average molecular weight is 217 g/mol. The smallest absolute Gasteiger partial charge is 0.0404 e. The Morgan fingerprint density at radius 3 is 3.00 bits per heavy atom. The van der Waals surface area contributed by atoms with Crippen molar-refractivity contribution in [2.24, 2.45) is 5.92 Å². The Morgan fingerprint density at radius 2 is 2.36 bits per heavy atom. The van der Waals surface area contributed by atoms with E-state index in [9.17, 15) is 0 Å². The summed E-state index contributed by atoms with van der Waals surface area (Å²) in [5.41, 5.74) is 0. The zero-order valence-corrected chi connectivity index (χ0v) is 9.76. The molecule has 1 aliphatic heterocycles. The molecular weight excluding hydrogens is 196 g/mol. The summed E-state index contributed by atoms with van der Waals surface area (Å²) in [6.07, 6.45) is 5.43. The van der Waals surface area contributed by atoms with Crippen molar-refractivity contribution in [3.63, 3.8) is 0 Å². The van der Waals surface area contributed by atoms with Crippen molar-refractivity contribution >= 4 is 11.6 Å². The molecule has 1 fully saturated rings. The van der Waals surface area contributed by atoms with E-state index in [4.69, 9.17) is 11.6 Å². The van der Waals surface area contributed by atoms with Gasteiger partial charge in [-0.1, -0.05) is 19.1 Å². The first kappa shape index (κ1) is 12.0. The van der Waals surface area contributed by atoms with Crippen molar-refractivity contribution < 1.29 is 0 Å². The zero-order chi connectivity index (χ0) is 10.2. The summed E-state index contributed by atoms with van der Waals surface area (Å²) in [5.74, 6) is 1.47. The Kier molecular flexibility index (Phi) is 6.24. The standard InChI is InChI=1S/C11H21ClN2/c1-2-14-8-5-11(10-14)9-13-7-4-3-6-12/h3-4,11,13H,2,5-10H2,1H3/b4-3+. The largest absolute Gasteiger partial charge is 0.313 e. The number of nitrogens with zero attached hydrogens (tertiary/aromatic N) is 1. The third-order valence-electron chi connectivity index (χ3n) is 2.77. The van der Waals surface area contributed by atoms with Crippen molar-refractivity contribution in [2.75, 3.05) is 38.6 Å². The maximum atomic E-state index is 5.52. The summed E-state index contributed by atoms with van der Waals surface area (Å²) in [7, 11) is 0. The zero-order valence-electron chi connectivity index (χ0n) is 9.01. The van der Waals surface area contributed by atoms with Gasteiger partial charge >= 0.3 is 0 Å². The molecule has 0 spiro atoms. The molecule has 0 radical (unpaired) electrons. The molecule has 1 heterocycles. The summed E-state index contributed by atoms with van der Waals surface area (Å²) >= 11 is 5.52. The van der Waals surface area contributed by atoms with Crippen molar-refractivity contribution in [1.82, 2.24) is 10.2 Å². The number of likely N-dealkylation sites (tertiary alicyclic amines) is 1. The second kappa shape index (κ2) is 7.27. The van der Waals surface area contributed by atoms with E-state index in [1.165, 1.54) is 26.1 Å². The molecular formula is C11H21ClN2. The Bertz CT molecular complexity index is 171. The van der Waals surface area contributed by atoms with E-state index in [0.29, 0.717) is 5.88 Å². The highest BCUT2D eigenvalue weighted by atomic mass is 35.5. The lowest BCUT2D eigenvalue weighted by molar-refractivity contribution is 0.340. The molecule has 0 amide bonds. The maximum absolute atomic E-state index is 5.52. The first-order chi connectivity index (χ1) is 6.86. The third-order valence-corrected chi connectivity index (χ3v) is 2.95. The van der Waals surface area contributed by atoms with Crippen LogP contribution < -0.4 is 5.32 Å². The van der Waals surface area contributed by atoms with Gasteiger partial charge in [-0.25, -0.2) is 0 Å². The molecule has 0 aromatic rings. The molecule has 0 aromatic heterocycles. The molecule has 14 heavy (non-hydrogen) atoms. The quantitative estimate of drug-likeness (QED) is 0.413. The molecule has 1 N–H and O–H groups in total. The van der Waals surface area contributed by atoms with Crippen LogP contribution in [-0.2, 0) is 0 Å². The molecule has 0 saturated carbocycles. The van der Waals surface area contributed by atoms with Crippen LogP contribution >= 0.6 is 11.6 Å². The summed E-state index contributed by atoms with van der Waals surface area (Å²) in [4.78, 5) is 2.51. The van der Waals surface area contributed by atoms with E-state index >= 15 is 0 Å². The molecule has 0 aliphatic carbocycles. The van der Waals surface area contributed by atoms with E-state index < -0.39 is 0 Å². The van der Waals surface area contributed by atoms with E-state index in [2.05, 4.69) is 23.2 Å². The van der Waals surface area contributed by atoms with Gasteiger partial charge < -0.3 is 10.2 Å². The van der Waals surface area contributed by atoms with Crippen LogP contribution in [0.2, 0.25) is 0 Å². The molecule has 1 unspecified atom stereocenters. The minimum absolute atomic E-state index is 0.620. The van der Waals surface area contributed by atoms with Crippen molar-refractivity contribution in [1.29, 1.82) is 0 Å². The molecule has 1 atom stereocenters. The number of alkyl halides is 1. The fraction of sp³-hybridized carbons (Fsp3) is 0.818. The van der Waals surface area contributed by atoms with Gasteiger partial charge in [-0.3, -0.25) is 0 Å². The molecule has 1 rings (SSSR count). The topological polar surface area (TPSA) is 15.3 Å². The summed E-state index contributed by atoms with van der Waals surface area (Å²) in [6, 6.07) is 0. The number of halogens is 1. The highest BCUT2D eigenvalue weighted by Crippen LogP contribution is 2.14. The molecule has 0 aromatic carbocycles. The average Bonchev–Trinajstić information content (AvgIpc) is 2.65. The minimum atomic E-state index is 0.620. The molecule has 3 heteroatoms. The van der Waals surface area contributed by atoms with Gasteiger partial charge in [-0.05, 0) is 32.0 Å². The number of hydrogen-bond acceptors (Lipinski definition) is 2. The van der Waals surface area contributed by atoms with Gasteiger partial charge in [0, 0.05) is 19.0 Å². The fourth-order valence-electron chi connectivity index (χ4n) is 1.88. The lowest BCUT2D eigenvalue weighted by Gasteiger charge is -2.13. The highest BCUT2D eigenvalue weighted by Gasteiger charge is 2.19. The van der Waals surface area contributed by atoms with Crippen LogP contribution in [0.25, 0.3) is 0 Å². The van der Waals surface area contributed by atoms with E-state index in [1.54, 1.807) is 0 Å². The van der Waals surface area contributed by atoms with Gasteiger partial charge in [-0.2, -0.15) is 0 Å². The predicted octanol–water partition coefficient (Wildman–Crippen LogP) is 1.71. The van der Waals surface area contributed by atoms with Crippen molar-refractivity contribution in [3.8, 4) is 0 Å². The predicted molar refractivity (Wildman–Crippen MR) is 63.0 cm³/mol. The number of allylic oxidation sites excluding steroid dienone is 1. The van der Waals surface area contributed by atoms with E-state index in [-0.39, 0.29) is 0 Å². The molecule has 82 valence electrons. The Balaban J connectivity index is 2.00. The van der Waals surface area contributed by atoms with Crippen molar-refractivity contribution in [3.05, 3.63) is 12.2 Å². The molecule has 1 aliphatic rings. The Labute approximate surface area is 92.3 Å². The third kappa shape index (κ3) is 4.45. The van der Waals surface area contributed by atoms with Crippen molar-refractivity contribution in [2.45, 2.75) is 13.3 Å². The fourth-order valence-corrected chi connectivity index (χ4v) is 2.01. The van der Waals surface area contributed by atoms with Gasteiger partial charge in [0.25, 0.3) is 0 Å². The second-order valence-corrected chi connectivity index (χ2v) is 4.14. The SMILES string of the molecule is CCN1CCC(CNC/C=C/CCl)C1. The second-order valence-electron chi connectivity index (χ2n) is 3.83. The summed E-state index contributed by atoms with van der Waals surface area (Å²) in [5, 5.41) is 3.43. The molecule has 1 saturated heterocycles. The Hall–Kier alpha value is -0.0500. The van der Waals surface area contributed by atoms with Crippen LogP contribution in [0, 0.1) is 5.92 Å². The van der Waals surface area contributed by atoms with Crippen LogP contribution in [0.3, 0.4) is 0 Å². The first-order valence-electron chi connectivity index (χ1n) is 5.50. The van der Waals surface area contributed by atoms with Crippen LogP contribution in [-0.4, -0.2) is 43.5 Å². The summed E-state index contributed by atoms with van der Waals surface area (Å²) < 4.78 is 0. The Morgan fingerprint density at radius 1 is 1.50 bits per heavy atom. The number of nitrogens with one attached hydrogen (secondary N) is 1. The van der Waals surface area contributed by atoms with Gasteiger partial charge in [0.1, 0.15) is 0 Å². The van der Waals surface area contributed by atoms with Gasteiger partial charge in [0.05, 0.1) is 0 Å². The highest BCUT2D eigenvalue weighted by molar-refractivity contribution is 6.18. The normalized spacial score (nSPS) is 23.7. The van der Waals surface area contributed by atoms with Gasteiger partial charge in [-0.15, -0.1) is 11.6 Å². The monoisotopic (exact) mass is 216 g/mol. The van der Waals surface area contributed by atoms with E-state index in [1.807, 2.05) is 6.08 Å². The molecule has 0 bridgehead atoms. The van der Waals surface area contributed by atoms with Crippen LogP contribution in [0.15, 0.2) is 12.2 Å². The molecule has 2 nitrogen and oxygen atoms in total. The maximum Gasteiger partial charge on any atom is 0.0404 e. The summed E-state index contributed by atoms with van der Waals surface area (Å²) in [6.45, 7) is 8.07. The van der Waals surface area contributed by atoms with Crippen LogP contribution in [0.4, 0.5) is 0 Å². The van der Waals surface area contributed by atoms with Gasteiger partial charge in [0.2, 0.25) is 0 Å². The van der Waals surface area contributed by atoms with Gasteiger partial charge in [0.15, 0.2) is 0 Å². The first-order valence-corrected chi connectivity index (χ1v) is 6.04. The van der Waals surface area contributed by atoms with Crippen LogP contribution in [0.5, 0.6) is 0 Å². The van der Waals surface area contributed by atoms with E-state index in [0.717, 1.165) is 19.0 Å². The van der Waals surface area contributed by atoms with Crippen LogP contribution in [0.1, 0.15) is 13.3 Å². The number of hydrogen-bond donors (Lipinski definition) is 1.